The Bertz CT molecular complexity index is 1120. The normalized spacial score (nSPS) is 16.0. The zero-order valence-electron chi connectivity index (χ0n) is 16.4. The van der Waals surface area contributed by atoms with Gasteiger partial charge in [-0.3, -0.25) is 14.9 Å². The smallest absolute Gasteiger partial charge is 0.261 e. The molecule has 1 aromatic heterocycles. The van der Waals surface area contributed by atoms with Crippen LogP contribution in [0.5, 0.6) is 5.75 Å². The van der Waals surface area contributed by atoms with Crippen molar-refractivity contribution in [2.75, 3.05) is 23.9 Å². The lowest BCUT2D eigenvalue weighted by molar-refractivity contribution is -0.117. The molecule has 1 aliphatic heterocycles. The number of carbonyl (C=O) groups is 2. The Morgan fingerprint density at radius 3 is 2.83 bits per heavy atom. The predicted octanol–water partition coefficient (Wildman–Crippen LogP) is 4.28. The highest BCUT2D eigenvalue weighted by Gasteiger charge is 2.34. The summed E-state index contributed by atoms with van der Waals surface area (Å²) < 4.78 is 5.23. The molecule has 0 radical (unpaired) electrons. The van der Waals surface area contributed by atoms with Crippen molar-refractivity contribution in [3.63, 3.8) is 0 Å². The summed E-state index contributed by atoms with van der Waals surface area (Å²) in [6.07, 6.45) is 0.360. The van der Waals surface area contributed by atoms with E-state index in [9.17, 15) is 9.59 Å². The lowest BCUT2D eigenvalue weighted by Gasteiger charge is -2.18. The van der Waals surface area contributed by atoms with Gasteiger partial charge in [0.1, 0.15) is 10.8 Å². The van der Waals surface area contributed by atoms with E-state index in [1.807, 2.05) is 31.2 Å². The molecule has 0 aliphatic carbocycles. The Morgan fingerprint density at radius 1 is 1.27 bits per heavy atom. The molecule has 0 bridgehead atoms. The van der Waals surface area contributed by atoms with Gasteiger partial charge in [0.2, 0.25) is 11.0 Å². The molecule has 3 aromatic rings. The van der Waals surface area contributed by atoms with Crippen LogP contribution in [-0.4, -0.2) is 35.7 Å². The van der Waals surface area contributed by atoms with Gasteiger partial charge in [-0.1, -0.05) is 41.1 Å². The van der Waals surface area contributed by atoms with Gasteiger partial charge in [-0.15, -0.1) is 10.2 Å². The fourth-order valence-corrected chi connectivity index (χ4v) is 4.45. The van der Waals surface area contributed by atoms with Crippen LogP contribution in [0.2, 0.25) is 5.02 Å². The number of hydrogen-bond donors (Lipinski definition) is 1. The third-order valence-corrected chi connectivity index (χ3v) is 6.18. The molecule has 1 aliphatic rings. The third-order valence-electron chi connectivity index (χ3n) is 4.95. The highest BCUT2D eigenvalue weighted by Crippen LogP contribution is 2.35. The lowest BCUT2D eigenvalue weighted by atomic mass is 10.1. The number of carbonyl (C=O) groups excluding carboxylic acids is 2. The van der Waals surface area contributed by atoms with Crippen LogP contribution in [0.4, 0.5) is 10.8 Å². The van der Waals surface area contributed by atoms with Crippen LogP contribution < -0.4 is 15.0 Å². The molecule has 1 unspecified atom stereocenters. The zero-order valence-corrected chi connectivity index (χ0v) is 18.0. The quantitative estimate of drug-likeness (QED) is 0.637. The first-order chi connectivity index (χ1) is 14.5. The summed E-state index contributed by atoms with van der Waals surface area (Å²) in [5, 5.41) is 12.5. The maximum absolute atomic E-state index is 12.6. The third kappa shape index (κ3) is 4.01. The molecule has 1 atom stereocenters. The first-order valence-electron chi connectivity index (χ1n) is 9.30. The molecule has 9 heteroatoms. The topological polar surface area (TPSA) is 84.4 Å². The summed E-state index contributed by atoms with van der Waals surface area (Å²) >= 11 is 7.27. The summed E-state index contributed by atoms with van der Waals surface area (Å²) in [5.41, 5.74) is 2.27. The van der Waals surface area contributed by atoms with Crippen LogP contribution in [0.3, 0.4) is 0 Å². The van der Waals surface area contributed by atoms with E-state index in [2.05, 4.69) is 15.5 Å². The molecular weight excluding hydrogens is 424 g/mol. The molecular formula is C21H19ClN4O3S. The SMILES string of the molecule is COc1ccc(Cl)cc1C(=O)Nc1nnc(C2CC(=O)N(c3ccccc3C)C2)s1. The second-order valence-corrected chi connectivity index (χ2v) is 8.38. The molecule has 1 N–H and O–H groups in total. The van der Waals surface area contributed by atoms with Gasteiger partial charge >= 0.3 is 0 Å². The Hall–Kier alpha value is -2.97. The van der Waals surface area contributed by atoms with E-state index in [0.717, 1.165) is 11.3 Å². The lowest BCUT2D eigenvalue weighted by Crippen LogP contribution is -2.25. The first-order valence-corrected chi connectivity index (χ1v) is 10.5. The molecule has 30 heavy (non-hydrogen) atoms. The average molecular weight is 443 g/mol. The van der Waals surface area contributed by atoms with Crippen molar-refractivity contribution in [2.45, 2.75) is 19.3 Å². The highest BCUT2D eigenvalue weighted by atomic mass is 35.5. The second kappa shape index (κ2) is 8.41. The van der Waals surface area contributed by atoms with Gasteiger partial charge in [0.05, 0.1) is 12.7 Å². The van der Waals surface area contributed by atoms with Crippen LogP contribution in [0.15, 0.2) is 42.5 Å². The van der Waals surface area contributed by atoms with Gasteiger partial charge in [-0.05, 0) is 36.8 Å². The number of aromatic nitrogens is 2. The van der Waals surface area contributed by atoms with E-state index in [1.165, 1.54) is 24.5 Å². The van der Waals surface area contributed by atoms with E-state index in [0.29, 0.717) is 39.4 Å². The maximum Gasteiger partial charge on any atom is 0.261 e. The zero-order chi connectivity index (χ0) is 21.3. The number of halogens is 1. The predicted molar refractivity (Wildman–Crippen MR) is 117 cm³/mol. The minimum atomic E-state index is -0.388. The molecule has 0 spiro atoms. The fraction of sp³-hybridized carbons (Fsp3) is 0.238. The van der Waals surface area contributed by atoms with Crippen molar-refractivity contribution in [1.29, 1.82) is 0 Å². The fourth-order valence-electron chi connectivity index (χ4n) is 3.44. The molecule has 1 saturated heterocycles. The van der Waals surface area contributed by atoms with Crippen LogP contribution in [-0.2, 0) is 4.79 Å². The molecule has 7 nitrogen and oxygen atoms in total. The molecule has 2 aromatic carbocycles. The van der Waals surface area contributed by atoms with Gasteiger partial charge in [-0.25, -0.2) is 0 Å². The first kappa shape index (κ1) is 20.3. The van der Waals surface area contributed by atoms with Crippen molar-refractivity contribution in [2.24, 2.45) is 0 Å². The summed E-state index contributed by atoms with van der Waals surface area (Å²) in [7, 11) is 1.49. The van der Waals surface area contributed by atoms with Gasteiger partial charge in [-0.2, -0.15) is 0 Å². The summed E-state index contributed by atoms with van der Waals surface area (Å²) in [4.78, 5) is 27.0. The van der Waals surface area contributed by atoms with Gasteiger partial charge in [0.15, 0.2) is 0 Å². The molecule has 2 heterocycles. The Labute approximate surface area is 182 Å². The average Bonchev–Trinajstić information content (AvgIpc) is 3.35. The second-order valence-electron chi connectivity index (χ2n) is 6.94. The number of methoxy groups -OCH3 is 1. The molecule has 4 rings (SSSR count). The van der Waals surface area contributed by atoms with E-state index in [-0.39, 0.29) is 17.7 Å². The Kier molecular flexibility index (Phi) is 5.69. The summed E-state index contributed by atoms with van der Waals surface area (Å²) in [6, 6.07) is 12.6. The van der Waals surface area contributed by atoms with Gasteiger partial charge < -0.3 is 9.64 Å². The van der Waals surface area contributed by atoms with Crippen molar-refractivity contribution >= 4 is 45.6 Å². The number of anilines is 2. The minimum Gasteiger partial charge on any atom is -0.496 e. The number of benzene rings is 2. The number of ether oxygens (including phenoxy) is 1. The molecule has 0 saturated carbocycles. The minimum absolute atomic E-state index is 0.0544. The van der Waals surface area contributed by atoms with Crippen LogP contribution in [0.25, 0.3) is 0 Å². The number of rotatable bonds is 5. The number of aryl methyl sites for hydroxylation is 1. The largest absolute Gasteiger partial charge is 0.496 e. The summed E-state index contributed by atoms with van der Waals surface area (Å²) in [5.74, 6) is 0.0118. The number of nitrogens with one attached hydrogen (secondary N) is 1. The van der Waals surface area contributed by atoms with Crippen molar-refractivity contribution in [1.82, 2.24) is 10.2 Å². The van der Waals surface area contributed by atoms with Crippen molar-refractivity contribution in [3.8, 4) is 5.75 Å². The number of hydrogen-bond acceptors (Lipinski definition) is 6. The standard InChI is InChI=1S/C21H19ClN4O3S/c1-12-5-3-4-6-16(12)26-11-13(9-18(26)27)20-24-25-21(30-20)23-19(28)15-10-14(22)7-8-17(15)29-2/h3-8,10,13H,9,11H2,1-2H3,(H,23,25,28). The van der Waals surface area contributed by atoms with E-state index in [1.54, 1.807) is 17.0 Å². The van der Waals surface area contributed by atoms with Crippen molar-refractivity contribution < 1.29 is 14.3 Å². The summed E-state index contributed by atoms with van der Waals surface area (Å²) in [6.45, 7) is 2.52. The van der Waals surface area contributed by atoms with E-state index < -0.39 is 0 Å². The van der Waals surface area contributed by atoms with Gasteiger partial charge in [0, 0.05) is 29.6 Å². The van der Waals surface area contributed by atoms with E-state index >= 15 is 0 Å². The molecule has 2 amide bonds. The highest BCUT2D eigenvalue weighted by molar-refractivity contribution is 7.15. The number of nitrogens with zero attached hydrogens (tertiary/aromatic N) is 3. The Balaban J connectivity index is 1.49. The van der Waals surface area contributed by atoms with Crippen LogP contribution in [0.1, 0.15) is 33.3 Å². The van der Waals surface area contributed by atoms with Gasteiger partial charge in [0.25, 0.3) is 5.91 Å². The van der Waals surface area contributed by atoms with Crippen LogP contribution >= 0.6 is 22.9 Å². The van der Waals surface area contributed by atoms with E-state index in [4.69, 9.17) is 16.3 Å². The Morgan fingerprint density at radius 2 is 2.07 bits per heavy atom. The maximum atomic E-state index is 12.6. The molecule has 1 fully saturated rings. The van der Waals surface area contributed by atoms with Crippen molar-refractivity contribution in [3.05, 3.63) is 63.6 Å². The van der Waals surface area contributed by atoms with Crippen LogP contribution in [0, 0.1) is 6.92 Å². The number of amides is 2. The number of para-hydroxylation sites is 1. The monoisotopic (exact) mass is 442 g/mol. The molecule has 154 valence electrons.